The van der Waals surface area contributed by atoms with Crippen molar-refractivity contribution in [1.29, 1.82) is 0 Å². The summed E-state index contributed by atoms with van der Waals surface area (Å²) in [5.41, 5.74) is 2.57. The molecule has 1 fully saturated rings. The summed E-state index contributed by atoms with van der Waals surface area (Å²) in [5.74, 6) is -0.177. The van der Waals surface area contributed by atoms with E-state index in [1.807, 2.05) is 47.1 Å². The number of amides is 2. The van der Waals surface area contributed by atoms with E-state index in [0.717, 1.165) is 36.9 Å². The molecule has 2 atom stereocenters. The highest BCUT2D eigenvalue weighted by Crippen LogP contribution is 2.31. The van der Waals surface area contributed by atoms with Crippen LogP contribution in [0.3, 0.4) is 0 Å². The summed E-state index contributed by atoms with van der Waals surface area (Å²) in [5, 5.41) is 0. The van der Waals surface area contributed by atoms with Gasteiger partial charge in [-0.25, -0.2) is 4.39 Å². The van der Waals surface area contributed by atoms with E-state index < -0.39 is 0 Å². The Morgan fingerprint density at radius 2 is 1.74 bits per heavy atom. The average Bonchev–Trinajstić information content (AvgIpc) is 2.87. The number of nitrogens with zero attached hydrogens (tertiary/aromatic N) is 3. The molecule has 188 valence electrons. The number of carbonyl (C=O) groups is 2. The van der Waals surface area contributed by atoms with Crippen molar-refractivity contribution in [3.8, 4) is 0 Å². The highest BCUT2D eigenvalue weighted by atomic mass is 19.1. The third-order valence-corrected chi connectivity index (χ3v) is 7.20. The van der Waals surface area contributed by atoms with E-state index in [1.165, 1.54) is 6.07 Å². The minimum absolute atomic E-state index is 0.0156. The molecule has 1 saturated heterocycles. The number of para-hydroxylation sites is 1. The molecule has 0 radical (unpaired) electrons. The van der Waals surface area contributed by atoms with Gasteiger partial charge in [0.05, 0.1) is 0 Å². The van der Waals surface area contributed by atoms with Crippen molar-refractivity contribution in [2.45, 2.75) is 64.2 Å². The number of anilines is 1. The zero-order chi connectivity index (χ0) is 24.8. The lowest BCUT2D eigenvalue weighted by Gasteiger charge is -2.44. The third-order valence-electron chi connectivity index (χ3n) is 7.20. The Hall–Kier alpha value is -2.77. The van der Waals surface area contributed by atoms with Gasteiger partial charge in [0.25, 0.3) is 0 Å². The Morgan fingerprint density at radius 1 is 1.00 bits per heavy atom. The number of benzene rings is 2. The molecule has 2 unspecified atom stereocenters. The molecule has 0 N–H and O–H groups in total. The van der Waals surface area contributed by atoms with Gasteiger partial charge in [0.2, 0.25) is 11.8 Å². The first-order chi connectivity index (χ1) is 17.0. The second-order valence-electron chi connectivity index (χ2n) is 9.55. The standard InChI is InChI=1S/C28H36FN3O3/c1-3-27(33)31-16-15-23-11-8-12-24(32(23)28(34)20-35-2)19-30(17-21-9-4-6-13-25(21)29)18-22-10-5-7-14-26(22)31/h4-7,9-10,13-14,23-24H,3,8,11-12,15-20H2,1-2H3. The maximum Gasteiger partial charge on any atom is 0.249 e. The number of ether oxygens (including phenoxy) is 1. The van der Waals surface area contributed by atoms with E-state index in [0.29, 0.717) is 38.2 Å². The molecule has 7 heteroatoms. The number of hydrogen-bond acceptors (Lipinski definition) is 4. The Balaban J connectivity index is 1.76. The SMILES string of the molecule is CCC(=O)N1CCC2CCCC(CN(Cc3ccccc3F)Cc3ccccc31)N2C(=O)COC. The van der Waals surface area contributed by atoms with Gasteiger partial charge in [-0.1, -0.05) is 43.3 Å². The lowest BCUT2D eigenvalue weighted by Crippen LogP contribution is -2.55. The molecule has 0 aliphatic carbocycles. The van der Waals surface area contributed by atoms with Crippen molar-refractivity contribution < 1.29 is 18.7 Å². The summed E-state index contributed by atoms with van der Waals surface area (Å²) in [6.07, 6.45) is 3.97. The van der Waals surface area contributed by atoms with Gasteiger partial charge in [0, 0.05) is 63.0 Å². The van der Waals surface area contributed by atoms with Crippen LogP contribution in [0.25, 0.3) is 0 Å². The van der Waals surface area contributed by atoms with Gasteiger partial charge in [-0.3, -0.25) is 14.5 Å². The molecule has 2 aromatic rings. The summed E-state index contributed by atoms with van der Waals surface area (Å²) in [6, 6.07) is 14.9. The van der Waals surface area contributed by atoms with Gasteiger partial charge in [-0.05, 0) is 43.4 Å². The van der Waals surface area contributed by atoms with Crippen LogP contribution in [0.5, 0.6) is 0 Å². The van der Waals surface area contributed by atoms with Gasteiger partial charge in [0.1, 0.15) is 12.4 Å². The van der Waals surface area contributed by atoms with Crippen molar-refractivity contribution in [3.05, 3.63) is 65.5 Å². The molecule has 2 bridgehead atoms. The first-order valence-electron chi connectivity index (χ1n) is 12.7. The molecule has 4 rings (SSSR count). The van der Waals surface area contributed by atoms with Crippen molar-refractivity contribution >= 4 is 17.5 Å². The van der Waals surface area contributed by atoms with Gasteiger partial charge in [-0.15, -0.1) is 0 Å². The largest absolute Gasteiger partial charge is 0.375 e. The summed E-state index contributed by atoms with van der Waals surface area (Å²) >= 11 is 0. The van der Waals surface area contributed by atoms with E-state index in [1.54, 1.807) is 13.2 Å². The first-order valence-corrected chi connectivity index (χ1v) is 12.7. The van der Waals surface area contributed by atoms with Crippen LogP contribution < -0.4 is 4.90 Å². The smallest absolute Gasteiger partial charge is 0.249 e. The highest BCUT2D eigenvalue weighted by Gasteiger charge is 2.36. The van der Waals surface area contributed by atoms with E-state index in [4.69, 9.17) is 4.74 Å². The predicted octanol–water partition coefficient (Wildman–Crippen LogP) is 4.37. The number of fused-ring (bicyclic) bond motifs is 3. The molecule has 35 heavy (non-hydrogen) atoms. The lowest BCUT2D eigenvalue weighted by atomic mass is 9.92. The lowest BCUT2D eigenvalue weighted by molar-refractivity contribution is -0.143. The second-order valence-corrected chi connectivity index (χ2v) is 9.55. The Bertz CT molecular complexity index is 1030. The van der Waals surface area contributed by atoms with Gasteiger partial charge < -0.3 is 14.5 Å². The predicted molar refractivity (Wildman–Crippen MR) is 134 cm³/mol. The zero-order valence-corrected chi connectivity index (χ0v) is 20.8. The fraction of sp³-hybridized carbons (Fsp3) is 0.500. The number of halogens is 1. The van der Waals surface area contributed by atoms with Crippen LogP contribution in [-0.2, 0) is 27.4 Å². The first kappa shape index (κ1) is 25.3. The Kier molecular flexibility index (Phi) is 8.52. The number of methoxy groups -OCH3 is 1. The second kappa shape index (κ2) is 11.8. The molecule has 2 amide bonds. The summed E-state index contributed by atoms with van der Waals surface area (Å²) in [4.78, 5) is 32.4. The summed E-state index contributed by atoms with van der Waals surface area (Å²) in [7, 11) is 1.54. The van der Waals surface area contributed by atoms with E-state index in [-0.39, 0.29) is 36.3 Å². The fourth-order valence-corrected chi connectivity index (χ4v) is 5.58. The number of piperidine rings is 1. The molecule has 0 spiro atoms. The third kappa shape index (κ3) is 5.90. The molecule has 0 aromatic heterocycles. The maximum atomic E-state index is 14.6. The van der Waals surface area contributed by atoms with Crippen LogP contribution in [-0.4, -0.2) is 60.5 Å². The van der Waals surface area contributed by atoms with E-state index in [9.17, 15) is 14.0 Å². The molecular weight excluding hydrogens is 445 g/mol. The fourth-order valence-electron chi connectivity index (χ4n) is 5.58. The van der Waals surface area contributed by atoms with Crippen molar-refractivity contribution in [2.75, 3.05) is 31.7 Å². The van der Waals surface area contributed by atoms with Gasteiger partial charge in [-0.2, -0.15) is 0 Å². The van der Waals surface area contributed by atoms with Crippen molar-refractivity contribution in [1.82, 2.24) is 9.80 Å². The quantitative estimate of drug-likeness (QED) is 0.637. The molecule has 2 aromatic carbocycles. The van der Waals surface area contributed by atoms with Crippen LogP contribution >= 0.6 is 0 Å². The number of rotatable bonds is 5. The van der Waals surface area contributed by atoms with Crippen LogP contribution in [0.1, 0.15) is 50.2 Å². The number of hydrogen-bond donors (Lipinski definition) is 0. The Morgan fingerprint density at radius 3 is 2.51 bits per heavy atom. The normalized spacial score (nSPS) is 21.2. The van der Waals surface area contributed by atoms with E-state index >= 15 is 0 Å². The van der Waals surface area contributed by atoms with Crippen LogP contribution in [0.2, 0.25) is 0 Å². The van der Waals surface area contributed by atoms with Gasteiger partial charge >= 0.3 is 0 Å². The van der Waals surface area contributed by atoms with Crippen LogP contribution in [0.15, 0.2) is 48.5 Å². The maximum absolute atomic E-state index is 14.6. The molecule has 2 aliphatic rings. The minimum Gasteiger partial charge on any atom is -0.375 e. The monoisotopic (exact) mass is 481 g/mol. The minimum atomic E-state index is -0.230. The highest BCUT2D eigenvalue weighted by molar-refractivity contribution is 5.94. The molecule has 0 saturated carbocycles. The van der Waals surface area contributed by atoms with Crippen LogP contribution in [0, 0.1) is 5.82 Å². The molecule has 6 nitrogen and oxygen atoms in total. The zero-order valence-electron chi connectivity index (χ0n) is 20.8. The average molecular weight is 482 g/mol. The van der Waals surface area contributed by atoms with Gasteiger partial charge in [0.15, 0.2) is 0 Å². The van der Waals surface area contributed by atoms with Crippen molar-refractivity contribution in [2.24, 2.45) is 0 Å². The Labute approximate surface area is 207 Å². The molecule has 2 heterocycles. The summed E-state index contributed by atoms with van der Waals surface area (Å²) in [6.45, 7) is 4.10. The summed E-state index contributed by atoms with van der Waals surface area (Å²) < 4.78 is 19.9. The topological polar surface area (TPSA) is 53.1 Å². The van der Waals surface area contributed by atoms with Crippen LogP contribution in [0.4, 0.5) is 10.1 Å². The number of carbonyl (C=O) groups excluding carboxylic acids is 2. The molecule has 2 aliphatic heterocycles. The molecular formula is C28H36FN3O3. The van der Waals surface area contributed by atoms with Crippen molar-refractivity contribution in [3.63, 3.8) is 0 Å². The van der Waals surface area contributed by atoms with E-state index in [2.05, 4.69) is 11.0 Å².